The number of nitrogens with one attached hydrogen (secondary N) is 3. The maximum atomic E-state index is 14.7. The van der Waals surface area contributed by atoms with Gasteiger partial charge in [0.15, 0.2) is 0 Å². The average Bonchev–Trinajstić information content (AvgIpc) is 3.16. The molecule has 160 valence electrons. The van der Waals surface area contributed by atoms with Crippen LogP contribution in [0.5, 0.6) is 0 Å². The Morgan fingerprint density at radius 1 is 1.32 bits per heavy atom. The normalized spacial score (nSPS) is 22.1. The van der Waals surface area contributed by atoms with Crippen molar-refractivity contribution >= 4 is 23.2 Å². The van der Waals surface area contributed by atoms with Crippen LogP contribution in [0, 0.1) is 11.7 Å². The minimum atomic E-state index is -0.600. The summed E-state index contributed by atoms with van der Waals surface area (Å²) in [6.45, 7) is 0. The maximum Gasteiger partial charge on any atom is 0.264 e. The molecule has 9 nitrogen and oxygen atoms in total. The average molecular weight is 444 g/mol. The van der Waals surface area contributed by atoms with E-state index in [9.17, 15) is 14.0 Å². The fraction of sp³-hybridized carbons (Fsp3) is 0.350. The molecule has 0 radical (unpaired) electrons. The Kier molecular flexibility index (Phi) is 4.82. The molecule has 1 fully saturated rings. The third-order valence-corrected chi connectivity index (χ3v) is 6.12. The van der Waals surface area contributed by atoms with E-state index in [1.165, 1.54) is 23.1 Å². The Hall–Kier alpha value is -3.11. The highest BCUT2D eigenvalue weighted by Crippen LogP contribution is 2.37. The second kappa shape index (κ2) is 7.54. The standard InChI is InChI=1S/C20H19ClFN7O2/c1-29-23-8-17(28-29)12-6-14(22)15(7-13(12)21)25-20(31)10-3-11-2-9-5-18(30)26-27-19(9)16(4-10)24-11/h5-8,10-11,16,24H,2-4H2,1H3,(H,25,31)(H,26,30). The number of carbonyl (C=O) groups excluding carboxylic acids is 1. The molecular formula is C20H19ClFN7O2. The Morgan fingerprint density at radius 2 is 2.16 bits per heavy atom. The van der Waals surface area contributed by atoms with Crippen molar-refractivity contribution in [3.63, 3.8) is 0 Å². The van der Waals surface area contributed by atoms with Gasteiger partial charge in [-0.15, -0.1) is 0 Å². The van der Waals surface area contributed by atoms with Crippen molar-refractivity contribution in [1.82, 2.24) is 30.5 Å². The first-order chi connectivity index (χ1) is 14.9. The van der Waals surface area contributed by atoms with E-state index in [2.05, 4.69) is 31.0 Å². The van der Waals surface area contributed by atoms with E-state index in [1.54, 1.807) is 13.1 Å². The van der Waals surface area contributed by atoms with Crippen LogP contribution in [0.3, 0.4) is 0 Å². The lowest BCUT2D eigenvalue weighted by atomic mass is 9.79. The summed E-state index contributed by atoms with van der Waals surface area (Å²) in [5.74, 6) is -1.19. The fourth-order valence-corrected chi connectivity index (χ4v) is 4.68. The number of hydrogen-bond donors (Lipinski definition) is 3. The van der Waals surface area contributed by atoms with Gasteiger partial charge in [0.05, 0.1) is 28.6 Å². The number of nitrogens with zero attached hydrogens (tertiary/aromatic N) is 4. The zero-order valence-electron chi connectivity index (χ0n) is 16.5. The molecule has 31 heavy (non-hydrogen) atoms. The Bertz CT molecular complexity index is 1240. The van der Waals surface area contributed by atoms with Gasteiger partial charge in [0.25, 0.3) is 5.56 Å². The van der Waals surface area contributed by atoms with Gasteiger partial charge in [0.2, 0.25) is 5.91 Å². The minimum Gasteiger partial charge on any atom is -0.323 e. The zero-order valence-corrected chi connectivity index (χ0v) is 17.3. The highest BCUT2D eigenvalue weighted by Gasteiger charge is 2.38. The number of aromatic amines is 1. The molecule has 0 spiro atoms. The van der Waals surface area contributed by atoms with Crippen molar-refractivity contribution in [2.75, 3.05) is 5.32 Å². The monoisotopic (exact) mass is 443 g/mol. The number of aromatic nitrogens is 5. The van der Waals surface area contributed by atoms with Crippen LogP contribution in [0.4, 0.5) is 10.1 Å². The van der Waals surface area contributed by atoms with Gasteiger partial charge in [-0.05, 0) is 37.0 Å². The summed E-state index contributed by atoms with van der Waals surface area (Å²) in [7, 11) is 1.66. The minimum absolute atomic E-state index is 0.0224. The van der Waals surface area contributed by atoms with Crippen molar-refractivity contribution in [2.45, 2.75) is 31.3 Å². The number of carbonyl (C=O) groups is 1. The number of aryl methyl sites for hydroxylation is 1. The zero-order chi connectivity index (χ0) is 21.7. The Balaban J connectivity index is 1.34. The molecule has 2 aliphatic heterocycles. The van der Waals surface area contributed by atoms with Crippen LogP contribution in [0.15, 0.2) is 29.2 Å². The first kappa shape index (κ1) is 19.8. The van der Waals surface area contributed by atoms with Crippen molar-refractivity contribution in [3.05, 3.63) is 56.8 Å². The van der Waals surface area contributed by atoms with E-state index in [-0.39, 0.29) is 40.2 Å². The van der Waals surface area contributed by atoms with E-state index < -0.39 is 5.82 Å². The van der Waals surface area contributed by atoms with Crippen molar-refractivity contribution < 1.29 is 9.18 Å². The summed E-state index contributed by atoms with van der Waals surface area (Å²) >= 11 is 6.32. The lowest BCUT2D eigenvalue weighted by Gasteiger charge is -2.39. The van der Waals surface area contributed by atoms with Gasteiger partial charge in [0.1, 0.15) is 11.5 Å². The molecule has 2 aliphatic rings. The summed E-state index contributed by atoms with van der Waals surface area (Å²) in [5, 5.41) is 21.1. The predicted octanol–water partition coefficient (Wildman–Crippen LogP) is 1.96. The van der Waals surface area contributed by atoms with Crippen molar-refractivity contribution in [1.29, 1.82) is 0 Å². The molecule has 2 aromatic heterocycles. The van der Waals surface area contributed by atoms with Crippen LogP contribution < -0.4 is 16.2 Å². The van der Waals surface area contributed by atoms with Crippen molar-refractivity contribution in [3.8, 4) is 11.3 Å². The molecule has 3 N–H and O–H groups in total. The molecule has 3 unspecified atom stereocenters. The van der Waals surface area contributed by atoms with Crippen molar-refractivity contribution in [2.24, 2.45) is 13.0 Å². The van der Waals surface area contributed by atoms with Crippen LogP contribution in [-0.4, -0.2) is 37.1 Å². The van der Waals surface area contributed by atoms with E-state index in [0.29, 0.717) is 30.5 Å². The van der Waals surface area contributed by atoms with Gasteiger partial charge in [-0.2, -0.15) is 20.1 Å². The predicted molar refractivity (Wildman–Crippen MR) is 111 cm³/mol. The number of anilines is 1. The highest BCUT2D eigenvalue weighted by molar-refractivity contribution is 6.33. The van der Waals surface area contributed by atoms with Gasteiger partial charge < -0.3 is 10.6 Å². The van der Waals surface area contributed by atoms with Gasteiger partial charge in [-0.25, -0.2) is 9.49 Å². The van der Waals surface area contributed by atoms with E-state index >= 15 is 0 Å². The molecule has 4 heterocycles. The molecule has 11 heteroatoms. The van der Waals surface area contributed by atoms with E-state index in [1.807, 2.05) is 0 Å². The molecule has 1 amide bonds. The van der Waals surface area contributed by atoms with Gasteiger partial charge >= 0.3 is 0 Å². The molecule has 1 aromatic carbocycles. The lowest BCUT2D eigenvalue weighted by molar-refractivity contribution is -0.121. The quantitative estimate of drug-likeness (QED) is 0.569. The molecule has 3 aromatic rings. The summed E-state index contributed by atoms with van der Waals surface area (Å²) in [6.07, 6.45) is 3.20. The SMILES string of the molecule is Cn1ncc(-c2cc(F)c(NC(=O)C3CC4Cc5cc(=O)[nH]nc5C(C3)N4)cc2Cl)n1. The highest BCUT2D eigenvalue weighted by atomic mass is 35.5. The number of amides is 1. The molecule has 2 bridgehead atoms. The number of H-pyrrole nitrogens is 1. The van der Waals surface area contributed by atoms with Gasteiger partial charge in [-0.1, -0.05) is 11.6 Å². The first-order valence-electron chi connectivity index (χ1n) is 9.88. The maximum absolute atomic E-state index is 14.7. The van der Waals surface area contributed by atoms with E-state index in [4.69, 9.17) is 11.6 Å². The van der Waals surface area contributed by atoms with E-state index in [0.717, 1.165) is 11.3 Å². The molecule has 3 atom stereocenters. The molecule has 5 rings (SSSR count). The summed E-state index contributed by atoms with van der Waals surface area (Å²) in [4.78, 5) is 25.8. The summed E-state index contributed by atoms with van der Waals surface area (Å²) < 4.78 is 14.7. The topological polar surface area (TPSA) is 118 Å². The second-order valence-corrected chi connectivity index (χ2v) is 8.36. The third kappa shape index (κ3) is 3.72. The van der Waals surface area contributed by atoms with Crippen LogP contribution >= 0.6 is 11.6 Å². The number of piperidine rings is 1. The second-order valence-electron chi connectivity index (χ2n) is 7.95. The molecule has 1 saturated heterocycles. The fourth-order valence-electron chi connectivity index (χ4n) is 4.42. The molecular weight excluding hydrogens is 425 g/mol. The Morgan fingerprint density at radius 3 is 2.94 bits per heavy atom. The molecule has 0 aliphatic carbocycles. The summed E-state index contributed by atoms with van der Waals surface area (Å²) in [5.41, 5.74) is 2.31. The Labute approximate surface area is 181 Å². The number of hydrogen-bond acceptors (Lipinski definition) is 6. The number of fused-ring (bicyclic) bond motifs is 4. The van der Waals surface area contributed by atoms with Crippen LogP contribution in [0.25, 0.3) is 11.3 Å². The number of benzene rings is 1. The van der Waals surface area contributed by atoms with Gasteiger partial charge in [-0.3, -0.25) is 9.59 Å². The lowest BCUT2D eigenvalue weighted by Crippen LogP contribution is -2.49. The largest absolute Gasteiger partial charge is 0.323 e. The third-order valence-electron chi connectivity index (χ3n) is 5.80. The first-order valence-corrected chi connectivity index (χ1v) is 10.3. The molecule has 0 saturated carbocycles. The number of rotatable bonds is 3. The smallest absolute Gasteiger partial charge is 0.264 e. The van der Waals surface area contributed by atoms with Crippen LogP contribution in [-0.2, 0) is 18.3 Å². The number of halogens is 2. The van der Waals surface area contributed by atoms with Crippen LogP contribution in [0.1, 0.15) is 30.1 Å². The van der Waals surface area contributed by atoms with Crippen LogP contribution in [0.2, 0.25) is 5.02 Å². The summed E-state index contributed by atoms with van der Waals surface area (Å²) in [6, 6.07) is 4.12. The van der Waals surface area contributed by atoms with Gasteiger partial charge in [0, 0.05) is 30.6 Å².